The largest absolute Gasteiger partial charge is 0.369 e. The molecule has 1 aromatic carbocycles. The molecule has 2 unspecified atom stereocenters. The fraction of sp³-hybridized carbons (Fsp3) is 0.636. The van der Waals surface area contributed by atoms with Crippen LogP contribution in [0.2, 0.25) is 5.02 Å². The van der Waals surface area contributed by atoms with Gasteiger partial charge < -0.3 is 15.5 Å². The second kappa shape index (κ2) is 10.1. The number of rotatable bonds is 8. The van der Waals surface area contributed by atoms with Crippen LogP contribution in [-0.2, 0) is 9.59 Å². The first-order valence-corrected chi connectivity index (χ1v) is 10.7. The van der Waals surface area contributed by atoms with Crippen LogP contribution in [0.5, 0.6) is 0 Å². The van der Waals surface area contributed by atoms with Gasteiger partial charge in [0.25, 0.3) is 0 Å². The summed E-state index contributed by atoms with van der Waals surface area (Å²) in [5, 5.41) is 0.722. The number of hydrogen-bond acceptors (Lipinski definition) is 3. The zero-order chi connectivity index (χ0) is 20.8. The Bertz CT molecular complexity index is 684. The van der Waals surface area contributed by atoms with Gasteiger partial charge in [-0.1, -0.05) is 44.9 Å². The van der Waals surface area contributed by atoms with Gasteiger partial charge in [0.1, 0.15) is 0 Å². The number of anilines is 1. The van der Waals surface area contributed by atoms with Gasteiger partial charge in [-0.15, -0.1) is 0 Å². The van der Waals surface area contributed by atoms with Gasteiger partial charge in [-0.25, -0.2) is 0 Å². The zero-order valence-corrected chi connectivity index (χ0v) is 18.3. The predicted octanol–water partition coefficient (Wildman–Crippen LogP) is 3.86. The number of benzene rings is 1. The molecule has 1 saturated heterocycles. The molecular weight excluding hydrogens is 374 g/mol. The minimum absolute atomic E-state index is 0.0772. The van der Waals surface area contributed by atoms with Gasteiger partial charge in [0, 0.05) is 48.7 Å². The number of piperazine rings is 1. The lowest BCUT2D eigenvalue weighted by Gasteiger charge is -2.39. The number of nitrogens with two attached hydrogens (primary N) is 1. The standard InChI is InChI=1S/C22H34ClN3O2/c1-5-6-18(21(24)27)19(13-15(2)3)22(28)26-11-9-25(10-12-26)20-14-17(23)8-7-16(20)4/h7-8,14-15,18-19H,5-6,9-13H2,1-4H3,(H2,24,27). The average Bonchev–Trinajstić information content (AvgIpc) is 2.65. The molecule has 1 aliphatic heterocycles. The van der Waals surface area contributed by atoms with Crippen LogP contribution in [0.15, 0.2) is 18.2 Å². The van der Waals surface area contributed by atoms with E-state index in [0.29, 0.717) is 31.8 Å². The highest BCUT2D eigenvalue weighted by molar-refractivity contribution is 6.30. The molecule has 0 saturated carbocycles. The molecule has 0 aliphatic carbocycles. The molecule has 0 aromatic heterocycles. The van der Waals surface area contributed by atoms with Crippen molar-refractivity contribution < 1.29 is 9.59 Å². The van der Waals surface area contributed by atoms with E-state index in [9.17, 15) is 9.59 Å². The predicted molar refractivity (Wildman–Crippen MR) is 116 cm³/mol. The molecule has 1 fully saturated rings. The maximum absolute atomic E-state index is 13.3. The first-order valence-electron chi connectivity index (χ1n) is 10.3. The normalized spacial score (nSPS) is 16.9. The van der Waals surface area contributed by atoms with Gasteiger partial charge in [0.2, 0.25) is 11.8 Å². The van der Waals surface area contributed by atoms with E-state index < -0.39 is 0 Å². The Balaban J connectivity index is 2.10. The van der Waals surface area contributed by atoms with E-state index in [-0.39, 0.29) is 23.7 Å². The van der Waals surface area contributed by atoms with Crippen molar-refractivity contribution in [2.45, 2.75) is 47.0 Å². The summed E-state index contributed by atoms with van der Waals surface area (Å²) in [6.07, 6.45) is 2.21. The molecule has 2 N–H and O–H groups in total. The number of amides is 2. The number of carbonyl (C=O) groups is 2. The van der Waals surface area contributed by atoms with Crippen LogP contribution >= 0.6 is 11.6 Å². The molecule has 2 atom stereocenters. The SMILES string of the molecule is CCCC(C(N)=O)C(CC(C)C)C(=O)N1CCN(c2cc(Cl)ccc2C)CC1. The first kappa shape index (κ1) is 22.5. The fourth-order valence-electron chi connectivity index (χ4n) is 4.12. The van der Waals surface area contributed by atoms with Crippen molar-refractivity contribution in [1.82, 2.24) is 4.90 Å². The van der Waals surface area contributed by atoms with Crippen molar-refractivity contribution in [2.24, 2.45) is 23.5 Å². The fourth-order valence-corrected chi connectivity index (χ4v) is 4.29. The number of aryl methyl sites for hydroxylation is 1. The molecule has 0 radical (unpaired) electrons. The minimum atomic E-state index is -0.381. The van der Waals surface area contributed by atoms with Crippen molar-refractivity contribution in [1.29, 1.82) is 0 Å². The lowest BCUT2D eigenvalue weighted by atomic mass is 9.81. The van der Waals surface area contributed by atoms with Crippen molar-refractivity contribution in [3.63, 3.8) is 0 Å². The summed E-state index contributed by atoms with van der Waals surface area (Å²) in [4.78, 5) is 29.5. The summed E-state index contributed by atoms with van der Waals surface area (Å²) < 4.78 is 0. The molecule has 0 spiro atoms. The van der Waals surface area contributed by atoms with Crippen LogP contribution in [-0.4, -0.2) is 42.9 Å². The Kier molecular flexibility index (Phi) is 8.17. The van der Waals surface area contributed by atoms with E-state index in [2.05, 4.69) is 25.7 Å². The number of primary amides is 1. The molecule has 6 heteroatoms. The Morgan fingerprint density at radius 2 is 1.79 bits per heavy atom. The van der Waals surface area contributed by atoms with Crippen LogP contribution in [0.4, 0.5) is 5.69 Å². The van der Waals surface area contributed by atoms with Crippen LogP contribution < -0.4 is 10.6 Å². The highest BCUT2D eigenvalue weighted by atomic mass is 35.5. The summed E-state index contributed by atoms with van der Waals surface area (Å²) >= 11 is 6.16. The Morgan fingerprint density at radius 1 is 1.14 bits per heavy atom. The minimum Gasteiger partial charge on any atom is -0.369 e. The summed E-state index contributed by atoms with van der Waals surface area (Å²) in [6, 6.07) is 5.91. The van der Waals surface area contributed by atoms with E-state index in [1.807, 2.05) is 30.0 Å². The van der Waals surface area contributed by atoms with E-state index in [0.717, 1.165) is 30.2 Å². The zero-order valence-electron chi connectivity index (χ0n) is 17.6. The van der Waals surface area contributed by atoms with E-state index in [4.69, 9.17) is 17.3 Å². The molecule has 28 heavy (non-hydrogen) atoms. The van der Waals surface area contributed by atoms with Gasteiger partial charge in [-0.3, -0.25) is 9.59 Å². The third-order valence-electron chi connectivity index (χ3n) is 5.60. The highest BCUT2D eigenvalue weighted by Gasteiger charge is 2.36. The lowest BCUT2D eigenvalue weighted by Crippen LogP contribution is -2.52. The van der Waals surface area contributed by atoms with Crippen LogP contribution in [0.3, 0.4) is 0 Å². The number of nitrogens with zero attached hydrogens (tertiary/aromatic N) is 2. The van der Waals surface area contributed by atoms with Gasteiger partial charge >= 0.3 is 0 Å². The Labute approximate surface area is 174 Å². The average molecular weight is 408 g/mol. The van der Waals surface area contributed by atoms with Crippen molar-refractivity contribution in [2.75, 3.05) is 31.1 Å². The number of hydrogen-bond donors (Lipinski definition) is 1. The van der Waals surface area contributed by atoms with Crippen molar-refractivity contribution in [3.05, 3.63) is 28.8 Å². The molecule has 2 amide bonds. The second-order valence-corrected chi connectivity index (χ2v) is 8.71. The third-order valence-corrected chi connectivity index (χ3v) is 5.83. The highest BCUT2D eigenvalue weighted by Crippen LogP contribution is 2.29. The molecule has 0 bridgehead atoms. The summed E-state index contributed by atoms with van der Waals surface area (Å²) in [6.45, 7) is 11.1. The molecular formula is C22H34ClN3O2. The van der Waals surface area contributed by atoms with Crippen molar-refractivity contribution in [3.8, 4) is 0 Å². The van der Waals surface area contributed by atoms with Gasteiger partial charge in [0.15, 0.2) is 0 Å². The molecule has 1 aromatic rings. The molecule has 156 valence electrons. The summed E-state index contributed by atoms with van der Waals surface area (Å²) in [5.74, 6) is -0.643. The quantitative estimate of drug-likeness (QED) is 0.711. The Hall–Kier alpha value is -1.75. The molecule has 1 aliphatic rings. The summed E-state index contributed by atoms with van der Waals surface area (Å²) in [7, 11) is 0. The second-order valence-electron chi connectivity index (χ2n) is 8.28. The van der Waals surface area contributed by atoms with Gasteiger partial charge in [-0.05, 0) is 43.4 Å². The number of carbonyl (C=O) groups excluding carboxylic acids is 2. The van der Waals surface area contributed by atoms with E-state index in [1.165, 1.54) is 5.56 Å². The van der Waals surface area contributed by atoms with E-state index >= 15 is 0 Å². The topological polar surface area (TPSA) is 66.6 Å². The van der Waals surface area contributed by atoms with E-state index in [1.54, 1.807) is 0 Å². The molecule has 2 rings (SSSR count). The van der Waals surface area contributed by atoms with Crippen LogP contribution in [0, 0.1) is 24.7 Å². The maximum Gasteiger partial charge on any atom is 0.226 e. The molecule has 1 heterocycles. The lowest BCUT2D eigenvalue weighted by molar-refractivity contribution is -0.142. The maximum atomic E-state index is 13.3. The smallest absolute Gasteiger partial charge is 0.226 e. The molecule has 5 nitrogen and oxygen atoms in total. The van der Waals surface area contributed by atoms with Gasteiger partial charge in [-0.2, -0.15) is 0 Å². The van der Waals surface area contributed by atoms with Gasteiger partial charge in [0.05, 0.1) is 0 Å². The third kappa shape index (κ3) is 5.63. The summed E-state index contributed by atoms with van der Waals surface area (Å²) in [5.41, 5.74) is 7.97. The number of halogens is 1. The first-order chi connectivity index (χ1) is 13.2. The Morgan fingerprint density at radius 3 is 2.32 bits per heavy atom. The monoisotopic (exact) mass is 407 g/mol. The van der Waals surface area contributed by atoms with Crippen LogP contribution in [0.1, 0.15) is 45.6 Å². The van der Waals surface area contributed by atoms with Crippen LogP contribution in [0.25, 0.3) is 0 Å². The van der Waals surface area contributed by atoms with Crippen molar-refractivity contribution >= 4 is 29.1 Å².